The van der Waals surface area contributed by atoms with Crippen molar-refractivity contribution < 1.29 is 4.79 Å². The van der Waals surface area contributed by atoms with Crippen molar-refractivity contribution in [1.82, 2.24) is 10.3 Å². The van der Waals surface area contributed by atoms with Gasteiger partial charge in [-0.15, -0.1) is 0 Å². The van der Waals surface area contributed by atoms with E-state index in [9.17, 15) is 4.79 Å². The molecule has 1 aromatic heterocycles. The van der Waals surface area contributed by atoms with Crippen LogP contribution in [0.15, 0.2) is 12.3 Å². The van der Waals surface area contributed by atoms with E-state index in [2.05, 4.69) is 10.3 Å². The average molecular weight is 219 g/mol. The molecular formula is C12H17N3O. The zero-order chi connectivity index (χ0) is 11.5. The highest BCUT2D eigenvalue weighted by atomic mass is 16.1. The molecule has 1 aromatic rings. The molecule has 1 atom stereocenters. The second-order valence-electron chi connectivity index (χ2n) is 4.31. The fourth-order valence-corrected chi connectivity index (χ4v) is 2.04. The zero-order valence-corrected chi connectivity index (χ0v) is 9.49. The predicted octanol–water partition coefficient (Wildman–Crippen LogP) is 1.30. The molecule has 1 unspecified atom stereocenters. The Kier molecular flexibility index (Phi) is 3.19. The summed E-state index contributed by atoms with van der Waals surface area (Å²) in [6.07, 6.45) is 4.82. The Morgan fingerprint density at radius 1 is 1.56 bits per heavy atom. The monoisotopic (exact) mass is 219 g/mol. The molecule has 1 saturated heterocycles. The van der Waals surface area contributed by atoms with Crippen LogP contribution < -0.4 is 11.1 Å². The lowest BCUT2D eigenvalue weighted by Gasteiger charge is -2.22. The number of nitrogens with one attached hydrogen (secondary N) is 1. The van der Waals surface area contributed by atoms with E-state index in [0.717, 1.165) is 31.4 Å². The first-order valence-corrected chi connectivity index (χ1v) is 5.68. The third-order valence-electron chi connectivity index (χ3n) is 2.95. The highest BCUT2D eigenvalue weighted by Crippen LogP contribution is 2.17. The standard InChI is InChI=1S/C12H17N3O/c1-8-6-9(12(13)15-7-8)11(16)10-4-2-3-5-14-10/h6-7,10,14H,2-5H2,1H3,(H2,13,15). The third kappa shape index (κ3) is 2.22. The van der Waals surface area contributed by atoms with Gasteiger partial charge in [0.05, 0.1) is 11.6 Å². The maximum Gasteiger partial charge on any atom is 0.183 e. The van der Waals surface area contributed by atoms with Crippen molar-refractivity contribution in [2.45, 2.75) is 32.2 Å². The first kappa shape index (κ1) is 11.1. The van der Waals surface area contributed by atoms with Crippen LogP contribution in [0.25, 0.3) is 0 Å². The van der Waals surface area contributed by atoms with Crippen molar-refractivity contribution in [3.63, 3.8) is 0 Å². The number of nitrogen functional groups attached to an aromatic ring is 1. The summed E-state index contributed by atoms with van der Waals surface area (Å²) in [5.74, 6) is 0.413. The number of nitrogens with zero attached hydrogens (tertiary/aromatic N) is 1. The summed E-state index contributed by atoms with van der Waals surface area (Å²) in [4.78, 5) is 16.2. The maximum absolute atomic E-state index is 12.2. The molecule has 86 valence electrons. The summed E-state index contributed by atoms with van der Waals surface area (Å²) in [6, 6.07) is 1.74. The summed E-state index contributed by atoms with van der Waals surface area (Å²) in [6.45, 7) is 2.83. The van der Waals surface area contributed by atoms with Crippen LogP contribution in [0.3, 0.4) is 0 Å². The summed E-state index contributed by atoms with van der Waals surface area (Å²) < 4.78 is 0. The van der Waals surface area contributed by atoms with Gasteiger partial charge in [-0.1, -0.05) is 6.42 Å². The molecule has 0 saturated carbocycles. The number of hydrogen-bond donors (Lipinski definition) is 2. The first-order chi connectivity index (χ1) is 7.68. The van der Waals surface area contributed by atoms with Crippen molar-refractivity contribution >= 4 is 11.6 Å². The van der Waals surface area contributed by atoms with Gasteiger partial charge in [-0.3, -0.25) is 4.79 Å². The van der Waals surface area contributed by atoms with E-state index >= 15 is 0 Å². The van der Waals surface area contributed by atoms with E-state index in [1.165, 1.54) is 0 Å². The lowest BCUT2D eigenvalue weighted by Crippen LogP contribution is -2.40. The van der Waals surface area contributed by atoms with Gasteiger partial charge in [-0.05, 0) is 37.9 Å². The molecular weight excluding hydrogens is 202 g/mol. The van der Waals surface area contributed by atoms with E-state index in [-0.39, 0.29) is 11.8 Å². The Morgan fingerprint density at radius 2 is 2.38 bits per heavy atom. The minimum Gasteiger partial charge on any atom is -0.383 e. The molecule has 4 nitrogen and oxygen atoms in total. The summed E-state index contributed by atoms with van der Waals surface area (Å²) in [7, 11) is 0. The molecule has 0 spiro atoms. The highest BCUT2D eigenvalue weighted by molar-refractivity contribution is 6.03. The molecule has 2 heterocycles. The number of nitrogens with two attached hydrogens (primary N) is 1. The quantitative estimate of drug-likeness (QED) is 0.736. The van der Waals surface area contributed by atoms with Crippen molar-refractivity contribution in [2.75, 3.05) is 12.3 Å². The normalized spacial score (nSPS) is 20.7. The van der Waals surface area contributed by atoms with Gasteiger partial charge in [0.15, 0.2) is 5.78 Å². The van der Waals surface area contributed by atoms with Crippen LogP contribution in [0.2, 0.25) is 0 Å². The molecule has 0 aliphatic carbocycles. The van der Waals surface area contributed by atoms with Crippen LogP contribution in [0, 0.1) is 6.92 Å². The Bertz CT molecular complexity index is 397. The number of anilines is 1. The molecule has 0 amide bonds. The van der Waals surface area contributed by atoms with Crippen LogP contribution >= 0.6 is 0 Å². The third-order valence-corrected chi connectivity index (χ3v) is 2.95. The van der Waals surface area contributed by atoms with Crippen LogP contribution in [0.4, 0.5) is 5.82 Å². The fraction of sp³-hybridized carbons (Fsp3) is 0.500. The van der Waals surface area contributed by atoms with Crippen LogP contribution in [0.5, 0.6) is 0 Å². The maximum atomic E-state index is 12.2. The predicted molar refractivity (Wildman–Crippen MR) is 63.4 cm³/mol. The first-order valence-electron chi connectivity index (χ1n) is 5.68. The number of hydrogen-bond acceptors (Lipinski definition) is 4. The Labute approximate surface area is 95.3 Å². The Balaban J connectivity index is 2.22. The van der Waals surface area contributed by atoms with Gasteiger partial charge >= 0.3 is 0 Å². The van der Waals surface area contributed by atoms with Crippen LogP contribution in [-0.4, -0.2) is 23.4 Å². The Morgan fingerprint density at radius 3 is 3.06 bits per heavy atom. The number of carbonyl (C=O) groups excluding carboxylic acids is 1. The summed E-state index contributed by atoms with van der Waals surface area (Å²) >= 11 is 0. The molecule has 1 fully saturated rings. The molecule has 1 aliphatic heterocycles. The van der Waals surface area contributed by atoms with Crippen molar-refractivity contribution in [3.05, 3.63) is 23.4 Å². The number of carbonyl (C=O) groups is 1. The van der Waals surface area contributed by atoms with E-state index in [0.29, 0.717) is 11.4 Å². The largest absolute Gasteiger partial charge is 0.383 e. The number of rotatable bonds is 2. The van der Waals surface area contributed by atoms with Gasteiger partial charge in [0.25, 0.3) is 0 Å². The highest BCUT2D eigenvalue weighted by Gasteiger charge is 2.23. The molecule has 0 aromatic carbocycles. The molecule has 4 heteroatoms. The van der Waals surface area contributed by atoms with Gasteiger partial charge in [0, 0.05) is 6.20 Å². The molecule has 2 rings (SSSR count). The minimum absolute atomic E-state index is 0.0772. The summed E-state index contributed by atoms with van der Waals surface area (Å²) in [5, 5.41) is 3.23. The van der Waals surface area contributed by atoms with Gasteiger partial charge in [0.2, 0.25) is 0 Å². The van der Waals surface area contributed by atoms with Crippen molar-refractivity contribution in [2.24, 2.45) is 0 Å². The van der Waals surface area contributed by atoms with Gasteiger partial charge < -0.3 is 11.1 Å². The number of aromatic nitrogens is 1. The molecule has 3 N–H and O–H groups in total. The molecule has 0 bridgehead atoms. The SMILES string of the molecule is Cc1cnc(N)c(C(=O)C2CCCCN2)c1. The van der Waals surface area contributed by atoms with Gasteiger partial charge in [0.1, 0.15) is 5.82 Å². The van der Waals surface area contributed by atoms with Gasteiger partial charge in [-0.25, -0.2) is 4.98 Å². The number of aryl methyl sites for hydroxylation is 1. The minimum atomic E-state index is -0.0837. The molecule has 16 heavy (non-hydrogen) atoms. The van der Waals surface area contributed by atoms with E-state index in [4.69, 9.17) is 5.73 Å². The number of ketones is 1. The molecule has 0 radical (unpaired) electrons. The topological polar surface area (TPSA) is 68.0 Å². The summed E-state index contributed by atoms with van der Waals surface area (Å²) in [5.41, 5.74) is 7.26. The number of piperidine rings is 1. The van der Waals surface area contributed by atoms with Crippen LogP contribution in [0.1, 0.15) is 35.2 Å². The number of Topliss-reactive ketones (excluding diaryl/α,β-unsaturated/α-hetero) is 1. The van der Waals surface area contributed by atoms with E-state index < -0.39 is 0 Å². The second-order valence-corrected chi connectivity index (χ2v) is 4.31. The lowest BCUT2D eigenvalue weighted by molar-refractivity contribution is 0.0927. The Hall–Kier alpha value is -1.42. The van der Waals surface area contributed by atoms with Crippen molar-refractivity contribution in [1.29, 1.82) is 0 Å². The van der Waals surface area contributed by atoms with Gasteiger partial charge in [-0.2, -0.15) is 0 Å². The average Bonchev–Trinajstić information content (AvgIpc) is 2.32. The molecule has 1 aliphatic rings. The fourth-order valence-electron chi connectivity index (χ4n) is 2.04. The smallest absolute Gasteiger partial charge is 0.183 e. The van der Waals surface area contributed by atoms with Crippen LogP contribution in [-0.2, 0) is 0 Å². The van der Waals surface area contributed by atoms with E-state index in [1.54, 1.807) is 6.20 Å². The van der Waals surface area contributed by atoms with E-state index in [1.807, 2.05) is 13.0 Å². The number of pyridine rings is 1. The zero-order valence-electron chi connectivity index (χ0n) is 9.49. The van der Waals surface area contributed by atoms with Crippen molar-refractivity contribution in [3.8, 4) is 0 Å². The second kappa shape index (κ2) is 4.61. The lowest BCUT2D eigenvalue weighted by atomic mass is 9.96.